The molecule has 1 atom stereocenters. The minimum atomic E-state index is -0.297. The predicted octanol–water partition coefficient (Wildman–Crippen LogP) is 4.03. The Morgan fingerprint density at radius 2 is 2.23 bits per heavy atom. The van der Waals surface area contributed by atoms with Gasteiger partial charge in [-0.3, -0.25) is 9.20 Å². The van der Waals surface area contributed by atoms with E-state index in [-0.39, 0.29) is 17.6 Å². The zero-order valence-corrected chi connectivity index (χ0v) is 17.3. The smallest absolute Gasteiger partial charge is 0.289 e. The van der Waals surface area contributed by atoms with Crippen LogP contribution < -0.4 is 5.32 Å². The Morgan fingerprint density at radius 3 is 3.03 bits per heavy atom. The SMILES string of the molecule is Cn1ccnc1C(=O)N1CCC[C@H](c2nc(Nc3cccc(F)c3)n3ccsc23)C1. The number of nitrogens with zero attached hydrogens (tertiary/aromatic N) is 5. The molecule has 1 aliphatic heterocycles. The highest BCUT2D eigenvalue weighted by molar-refractivity contribution is 7.15. The molecular weight excluding hydrogens is 403 g/mol. The number of hydrogen-bond acceptors (Lipinski definition) is 5. The largest absolute Gasteiger partial charge is 0.335 e. The number of imidazole rings is 2. The van der Waals surface area contributed by atoms with Crippen LogP contribution in [0.4, 0.5) is 16.0 Å². The van der Waals surface area contributed by atoms with Gasteiger partial charge in [-0.2, -0.15) is 0 Å². The number of carbonyl (C=O) groups is 1. The first-order chi connectivity index (χ1) is 14.6. The van der Waals surface area contributed by atoms with Crippen LogP contribution in [-0.4, -0.2) is 42.8 Å². The number of aromatic nitrogens is 4. The lowest BCUT2D eigenvalue weighted by molar-refractivity contribution is 0.0690. The van der Waals surface area contributed by atoms with E-state index in [1.165, 1.54) is 12.1 Å². The lowest BCUT2D eigenvalue weighted by Gasteiger charge is -2.31. The number of rotatable bonds is 4. The van der Waals surface area contributed by atoms with Crippen LogP contribution >= 0.6 is 11.3 Å². The van der Waals surface area contributed by atoms with Gasteiger partial charge in [0, 0.05) is 55.7 Å². The van der Waals surface area contributed by atoms with Crippen LogP contribution in [0.1, 0.15) is 35.1 Å². The van der Waals surface area contributed by atoms with E-state index in [9.17, 15) is 9.18 Å². The topological polar surface area (TPSA) is 67.5 Å². The van der Waals surface area contributed by atoms with Crippen LogP contribution in [0.15, 0.2) is 48.2 Å². The van der Waals surface area contributed by atoms with Crippen molar-refractivity contribution in [2.45, 2.75) is 18.8 Å². The van der Waals surface area contributed by atoms with Gasteiger partial charge in [0.15, 0.2) is 5.82 Å². The molecule has 0 saturated carbocycles. The third-order valence-corrected chi connectivity index (χ3v) is 6.36. The van der Waals surface area contributed by atoms with Crippen molar-refractivity contribution in [1.82, 2.24) is 23.8 Å². The number of hydrogen-bond donors (Lipinski definition) is 1. The summed E-state index contributed by atoms with van der Waals surface area (Å²) in [5, 5.41) is 5.23. The maximum absolute atomic E-state index is 13.6. The van der Waals surface area contributed by atoms with Crippen LogP contribution in [0, 0.1) is 5.82 Å². The Labute approximate surface area is 176 Å². The molecule has 4 heterocycles. The van der Waals surface area contributed by atoms with E-state index >= 15 is 0 Å². The number of anilines is 2. The second-order valence-corrected chi connectivity index (χ2v) is 8.38. The molecule has 0 bridgehead atoms. The van der Waals surface area contributed by atoms with Gasteiger partial charge in [0.05, 0.1) is 5.69 Å². The molecule has 4 aromatic rings. The van der Waals surface area contributed by atoms with Crippen molar-refractivity contribution in [2.24, 2.45) is 7.05 Å². The summed E-state index contributed by atoms with van der Waals surface area (Å²) < 4.78 is 17.3. The molecule has 1 fully saturated rings. The minimum Gasteiger partial charge on any atom is -0.335 e. The summed E-state index contributed by atoms with van der Waals surface area (Å²) in [7, 11) is 1.83. The summed E-state index contributed by atoms with van der Waals surface area (Å²) in [5.74, 6) is 0.898. The highest BCUT2D eigenvalue weighted by Gasteiger charge is 2.30. The molecule has 0 spiro atoms. The van der Waals surface area contributed by atoms with E-state index in [4.69, 9.17) is 4.98 Å². The monoisotopic (exact) mass is 424 g/mol. The van der Waals surface area contributed by atoms with Gasteiger partial charge in [-0.1, -0.05) is 6.07 Å². The molecule has 0 radical (unpaired) electrons. The first-order valence-electron chi connectivity index (χ1n) is 9.85. The number of carbonyl (C=O) groups excluding carboxylic acids is 1. The number of fused-ring (bicyclic) bond motifs is 1. The maximum Gasteiger partial charge on any atom is 0.289 e. The molecule has 154 valence electrons. The van der Waals surface area contributed by atoms with Crippen LogP contribution in [0.25, 0.3) is 4.83 Å². The van der Waals surface area contributed by atoms with Crippen LogP contribution in [0.5, 0.6) is 0 Å². The molecule has 9 heteroatoms. The molecule has 1 aliphatic rings. The zero-order chi connectivity index (χ0) is 20.7. The fourth-order valence-electron chi connectivity index (χ4n) is 3.99. The van der Waals surface area contributed by atoms with Gasteiger partial charge in [0.25, 0.3) is 5.91 Å². The van der Waals surface area contributed by atoms with E-state index in [0.717, 1.165) is 29.9 Å². The van der Waals surface area contributed by atoms with E-state index < -0.39 is 0 Å². The Hall–Kier alpha value is -3.20. The molecule has 7 nitrogen and oxygen atoms in total. The third-order valence-electron chi connectivity index (χ3n) is 5.47. The number of piperidine rings is 1. The standard InChI is InChI=1S/C21H21FN6OS/c1-26-9-7-23-18(26)19(29)27-8-3-4-14(13-27)17-20-28(10-11-30-20)21(25-17)24-16-6-2-5-15(22)12-16/h2,5-7,9-12,14H,3-4,8,13H2,1H3,(H,24,25)/t14-/m0/s1. The fourth-order valence-corrected chi connectivity index (χ4v) is 4.90. The lowest BCUT2D eigenvalue weighted by atomic mass is 9.95. The average Bonchev–Trinajstić information content (AvgIpc) is 3.46. The molecule has 0 aliphatic carbocycles. The molecule has 1 aromatic carbocycles. The number of halogens is 1. The van der Waals surface area contributed by atoms with Crippen molar-refractivity contribution in [1.29, 1.82) is 0 Å². The van der Waals surface area contributed by atoms with Crippen LogP contribution in [0.2, 0.25) is 0 Å². The normalized spacial score (nSPS) is 16.9. The summed E-state index contributed by atoms with van der Waals surface area (Å²) in [4.78, 5) is 24.9. The highest BCUT2D eigenvalue weighted by atomic mass is 32.1. The number of benzene rings is 1. The quantitative estimate of drug-likeness (QED) is 0.537. The summed E-state index contributed by atoms with van der Waals surface area (Å²) in [6.45, 7) is 1.33. The molecule has 30 heavy (non-hydrogen) atoms. The Morgan fingerprint density at radius 1 is 1.33 bits per heavy atom. The van der Waals surface area contributed by atoms with Gasteiger partial charge in [-0.05, 0) is 31.0 Å². The summed E-state index contributed by atoms with van der Waals surface area (Å²) in [6.07, 6.45) is 7.26. The molecule has 3 aromatic heterocycles. The first-order valence-corrected chi connectivity index (χ1v) is 10.7. The molecular formula is C21H21FN6OS. The molecule has 0 unspecified atom stereocenters. The average molecular weight is 425 g/mol. The molecule has 1 N–H and O–H groups in total. The molecule has 1 saturated heterocycles. The van der Waals surface area contributed by atoms with Gasteiger partial charge in [0.1, 0.15) is 10.6 Å². The Kier molecular flexibility index (Phi) is 4.74. The maximum atomic E-state index is 13.6. The van der Waals surface area contributed by atoms with E-state index in [1.807, 2.05) is 34.0 Å². The van der Waals surface area contributed by atoms with Crippen molar-refractivity contribution in [3.8, 4) is 0 Å². The van der Waals surface area contributed by atoms with Crippen molar-refractivity contribution >= 4 is 33.7 Å². The van der Waals surface area contributed by atoms with E-state index in [2.05, 4.69) is 10.3 Å². The van der Waals surface area contributed by atoms with Gasteiger partial charge in [-0.15, -0.1) is 11.3 Å². The van der Waals surface area contributed by atoms with Gasteiger partial charge in [0.2, 0.25) is 5.95 Å². The third kappa shape index (κ3) is 3.35. The van der Waals surface area contributed by atoms with Gasteiger partial charge >= 0.3 is 0 Å². The highest BCUT2D eigenvalue weighted by Crippen LogP contribution is 2.34. The second-order valence-electron chi connectivity index (χ2n) is 7.49. The molecule has 5 rings (SSSR count). The van der Waals surface area contributed by atoms with E-state index in [0.29, 0.717) is 24.0 Å². The van der Waals surface area contributed by atoms with Crippen LogP contribution in [0.3, 0.4) is 0 Å². The van der Waals surface area contributed by atoms with Gasteiger partial charge in [-0.25, -0.2) is 14.4 Å². The van der Waals surface area contributed by atoms with Crippen molar-refractivity contribution < 1.29 is 9.18 Å². The number of thiazole rings is 1. The number of aryl methyl sites for hydroxylation is 1. The minimum absolute atomic E-state index is 0.0491. The van der Waals surface area contributed by atoms with Crippen LogP contribution in [-0.2, 0) is 7.05 Å². The number of likely N-dealkylation sites (tertiary alicyclic amines) is 1. The second kappa shape index (κ2) is 7.56. The summed E-state index contributed by atoms with van der Waals surface area (Å²) >= 11 is 1.62. The van der Waals surface area contributed by atoms with Crippen molar-refractivity contribution in [3.05, 3.63) is 65.6 Å². The number of amides is 1. The Bertz CT molecular complexity index is 1210. The Balaban J connectivity index is 1.42. The summed E-state index contributed by atoms with van der Waals surface area (Å²) in [5.41, 5.74) is 1.62. The number of nitrogens with one attached hydrogen (secondary N) is 1. The predicted molar refractivity (Wildman–Crippen MR) is 114 cm³/mol. The summed E-state index contributed by atoms with van der Waals surface area (Å²) in [6, 6.07) is 6.34. The lowest BCUT2D eigenvalue weighted by Crippen LogP contribution is -2.40. The fraction of sp³-hybridized carbons (Fsp3) is 0.286. The van der Waals surface area contributed by atoms with Gasteiger partial charge < -0.3 is 14.8 Å². The van der Waals surface area contributed by atoms with E-state index in [1.54, 1.807) is 34.4 Å². The zero-order valence-electron chi connectivity index (χ0n) is 16.5. The first kappa shape index (κ1) is 18.8. The van der Waals surface area contributed by atoms with Crippen molar-refractivity contribution in [3.63, 3.8) is 0 Å². The molecule has 1 amide bonds. The van der Waals surface area contributed by atoms with Crippen molar-refractivity contribution in [2.75, 3.05) is 18.4 Å².